The van der Waals surface area contributed by atoms with E-state index in [9.17, 15) is 0 Å². The largest absolute Gasteiger partial charge is 0.444 e. The topological polar surface area (TPSA) is 54.7 Å². The van der Waals surface area contributed by atoms with Gasteiger partial charge in [-0.05, 0) is 0 Å². The highest BCUT2D eigenvalue weighted by molar-refractivity contribution is 5.47. The van der Waals surface area contributed by atoms with Gasteiger partial charge in [0.2, 0.25) is 5.89 Å². The number of H-pyrrole nitrogens is 1. The molecule has 0 aliphatic heterocycles. The normalized spacial score (nSPS) is 10.0. The van der Waals surface area contributed by atoms with E-state index in [1.807, 2.05) is 0 Å². The van der Waals surface area contributed by atoms with Gasteiger partial charge in [-0.2, -0.15) is 5.10 Å². The Morgan fingerprint density at radius 3 is 3.20 bits per heavy atom. The third kappa shape index (κ3) is 0.699. The van der Waals surface area contributed by atoms with Crippen LogP contribution < -0.4 is 0 Å². The number of aromatic nitrogens is 3. The molecule has 4 heteroatoms. The minimum absolute atomic E-state index is 0.536. The summed E-state index contributed by atoms with van der Waals surface area (Å²) in [4.78, 5) is 3.90. The smallest absolute Gasteiger partial charge is 0.229 e. The van der Waals surface area contributed by atoms with Gasteiger partial charge >= 0.3 is 0 Å². The predicted molar refractivity (Wildman–Crippen MR) is 32.9 cm³/mol. The van der Waals surface area contributed by atoms with Crippen molar-refractivity contribution in [1.29, 1.82) is 0 Å². The molecule has 1 N–H and O–H groups in total. The maximum atomic E-state index is 4.98. The van der Waals surface area contributed by atoms with E-state index in [1.54, 1.807) is 12.4 Å². The van der Waals surface area contributed by atoms with Crippen LogP contribution in [0.5, 0.6) is 0 Å². The summed E-state index contributed by atoms with van der Waals surface area (Å²) in [6, 6.07) is 0. The Balaban J connectivity index is 2.48. The molecule has 0 spiro atoms. The Morgan fingerprint density at radius 1 is 1.60 bits per heavy atom. The lowest BCUT2D eigenvalue weighted by Gasteiger charge is -1.81. The molecule has 49 valence electrons. The van der Waals surface area contributed by atoms with Gasteiger partial charge in [-0.3, -0.25) is 5.10 Å². The molecule has 0 saturated heterocycles. The summed E-state index contributed by atoms with van der Waals surface area (Å²) in [6.07, 6.45) is 7.44. The molecule has 0 fully saturated rings. The van der Waals surface area contributed by atoms with Crippen molar-refractivity contribution in [3.63, 3.8) is 0 Å². The van der Waals surface area contributed by atoms with Gasteiger partial charge in [0.15, 0.2) is 0 Å². The maximum Gasteiger partial charge on any atom is 0.229 e. The Morgan fingerprint density at radius 2 is 2.60 bits per heavy atom. The van der Waals surface area contributed by atoms with Gasteiger partial charge in [-0.25, -0.2) is 4.98 Å². The van der Waals surface area contributed by atoms with Crippen LogP contribution in [0.2, 0.25) is 0 Å². The van der Waals surface area contributed by atoms with Crippen molar-refractivity contribution in [1.82, 2.24) is 15.2 Å². The van der Waals surface area contributed by atoms with Crippen molar-refractivity contribution in [3.8, 4) is 11.5 Å². The van der Waals surface area contributed by atoms with Gasteiger partial charge in [-0.1, -0.05) is 0 Å². The lowest BCUT2D eigenvalue weighted by Crippen LogP contribution is -1.69. The fourth-order valence-electron chi connectivity index (χ4n) is 0.688. The van der Waals surface area contributed by atoms with Crippen LogP contribution in [0.3, 0.4) is 0 Å². The molecule has 0 unspecified atom stereocenters. The fourth-order valence-corrected chi connectivity index (χ4v) is 0.688. The second-order valence-electron chi connectivity index (χ2n) is 1.75. The highest BCUT2D eigenvalue weighted by Crippen LogP contribution is 2.12. The first-order chi connectivity index (χ1) is 4.97. The molecule has 0 aromatic carbocycles. The van der Waals surface area contributed by atoms with Gasteiger partial charge in [0, 0.05) is 6.20 Å². The third-order valence-corrected chi connectivity index (χ3v) is 1.11. The molecule has 4 nitrogen and oxygen atoms in total. The van der Waals surface area contributed by atoms with E-state index < -0.39 is 0 Å². The van der Waals surface area contributed by atoms with Gasteiger partial charge in [0.05, 0.1) is 11.8 Å². The van der Waals surface area contributed by atoms with Crippen molar-refractivity contribution < 1.29 is 4.42 Å². The zero-order valence-corrected chi connectivity index (χ0v) is 5.03. The number of hydrogen-bond donors (Lipinski definition) is 1. The van der Waals surface area contributed by atoms with Crippen LogP contribution in [0.25, 0.3) is 11.5 Å². The van der Waals surface area contributed by atoms with E-state index in [2.05, 4.69) is 21.4 Å². The van der Waals surface area contributed by atoms with Crippen molar-refractivity contribution in [2.24, 2.45) is 0 Å². The van der Waals surface area contributed by atoms with Crippen LogP contribution in [0.15, 0.2) is 23.1 Å². The summed E-state index contributed by atoms with van der Waals surface area (Å²) in [5.74, 6) is 0.536. The molecule has 0 atom stereocenters. The Bertz CT molecular complexity index is 252. The summed E-state index contributed by atoms with van der Waals surface area (Å²) in [5, 5.41) is 6.24. The molecule has 0 saturated carbocycles. The van der Waals surface area contributed by atoms with Crippen LogP contribution >= 0.6 is 0 Å². The average molecular weight is 134 g/mol. The molecular formula is C6H4N3O. The van der Waals surface area contributed by atoms with Gasteiger partial charge < -0.3 is 4.42 Å². The molecule has 2 aromatic rings. The summed E-state index contributed by atoms with van der Waals surface area (Å²) < 4.78 is 4.98. The van der Waals surface area contributed by atoms with Crippen LogP contribution in [-0.2, 0) is 0 Å². The summed E-state index contributed by atoms with van der Waals surface area (Å²) in [6.45, 7) is 0. The number of nitrogens with one attached hydrogen (secondary N) is 1. The van der Waals surface area contributed by atoms with Gasteiger partial charge in [-0.15, -0.1) is 0 Å². The first-order valence-corrected chi connectivity index (χ1v) is 2.78. The van der Waals surface area contributed by atoms with Crippen molar-refractivity contribution in [2.45, 2.75) is 0 Å². The lowest BCUT2D eigenvalue weighted by molar-refractivity contribution is 0.574. The Hall–Kier alpha value is -1.58. The number of nitrogens with zero attached hydrogens (tertiary/aromatic N) is 2. The summed E-state index contributed by atoms with van der Waals surface area (Å²) in [5.41, 5.74) is 0.741. The highest BCUT2D eigenvalue weighted by Gasteiger charge is 2.01. The van der Waals surface area contributed by atoms with E-state index in [0.29, 0.717) is 5.89 Å². The quantitative estimate of drug-likeness (QED) is 0.629. The number of aromatic amines is 1. The maximum absolute atomic E-state index is 4.98. The summed E-state index contributed by atoms with van der Waals surface area (Å²) in [7, 11) is 0. The molecular weight excluding hydrogens is 130 g/mol. The second-order valence-corrected chi connectivity index (χ2v) is 1.75. The zero-order chi connectivity index (χ0) is 6.81. The SMILES string of the molecule is [c]1n[nH]cc1-c1ncco1. The molecule has 0 amide bonds. The van der Waals surface area contributed by atoms with Crippen LogP contribution in [0.4, 0.5) is 0 Å². The first kappa shape index (κ1) is 5.22. The van der Waals surface area contributed by atoms with E-state index in [0.717, 1.165) is 5.56 Å². The first-order valence-electron chi connectivity index (χ1n) is 2.78. The minimum atomic E-state index is 0.536. The van der Waals surface area contributed by atoms with E-state index in [1.165, 1.54) is 6.26 Å². The monoisotopic (exact) mass is 134 g/mol. The molecule has 0 aliphatic rings. The van der Waals surface area contributed by atoms with Crippen molar-refractivity contribution >= 4 is 0 Å². The molecule has 2 rings (SSSR count). The molecule has 1 radical (unpaired) electrons. The lowest BCUT2D eigenvalue weighted by atomic mass is 10.4. The molecule has 2 aromatic heterocycles. The second kappa shape index (κ2) is 1.98. The van der Waals surface area contributed by atoms with E-state index >= 15 is 0 Å². The average Bonchev–Trinajstić information content (AvgIpc) is 2.59. The molecule has 10 heavy (non-hydrogen) atoms. The predicted octanol–water partition coefficient (Wildman–Crippen LogP) is 0.865. The minimum Gasteiger partial charge on any atom is -0.444 e. The third-order valence-electron chi connectivity index (χ3n) is 1.11. The van der Waals surface area contributed by atoms with Crippen LogP contribution in [-0.4, -0.2) is 15.2 Å². The Kier molecular flexibility index (Phi) is 1.04. The highest BCUT2D eigenvalue weighted by atomic mass is 16.3. The van der Waals surface area contributed by atoms with Crippen molar-refractivity contribution in [3.05, 3.63) is 24.9 Å². The number of oxazole rings is 1. The van der Waals surface area contributed by atoms with E-state index in [-0.39, 0.29) is 0 Å². The van der Waals surface area contributed by atoms with Crippen molar-refractivity contribution in [2.75, 3.05) is 0 Å². The standard InChI is InChI=1S/C6H4N3O/c1-2-10-6(7-1)5-3-8-9-4-5/h1-3H,(H,8,9). The van der Waals surface area contributed by atoms with Crippen LogP contribution in [0, 0.1) is 6.20 Å². The number of hydrogen-bond acceptors (Lipinski definition) is 3. The fraction of sp³-hybridized carbons (Fsp3) is 0. The molecule has 0 bridgehead atoms. The molecule has 0 aliphatic carbocycles. The Labute approximate surface area is 56.9 Å². The van der Waals surface area contributed by atoms with E-state index in [4.69, 9.17) is 4.42 Å². The summed E-state index contributed by atoms with van der Waals surface area (Å²) >= 11 is 0. The zero-order valence-electron chi connectivity index (χ0n) is 5.03. The van der Waals surface area contributed by atoms with Gasteiger partial charge in [0.1, 0.15) is 12.5 Å². The number of rotatable bonds is 1. The molecule has 2 heterocycles. The van der Waals surface area contributed by atoms with Gasteiger partial charge in [0.25, 0.3) is 0 Å². The van der Waals surface area contributed by atoms with Crippen LogP contribution in [0.1, 0.15) is 0 Å².